The number of nitrogens with one attached hydrogen (secondary N) is 1. The minimum Gasteiger partial charge on any atom is -0.349 e. The summed E-state index contributed by atoms with van der Waals surface area (Å²) in [7, 11) is -3.28. The lowest BCUT2D eigenvalue weighted by atomic mass is 10.1. The zero-order valence-corrected chi connectivity index (χ0v) is 12.6. The summed E-state index contributed by atoms with van der Waals surface area (Å²) in [5.41, 5.74) is -0.579. The van der Waals surface area contributed by atoms with Crippen LogP contribution in [0, 0.1) is 17.5 Å². The Labute approximate surface area is 126 Å². The first-order chi connectivity index (χ1) is 10.2. The highest BCUT2D eigenvalue weighted by Gasteiger charge is 2.27. The Morgan fingerprint density at radius 1 is 1.18 bits per heavy atom. The molecule has 122 valence electrons. The van der Waals surface area contributed by atoms with Crippen molar-refractivity contribution in [2.45, 2.75) is 18.9 Å². The molecule has 0 aliphatic carbocycles. The van der Waals surface area contributed by atoms with Crippen molar-refractivity contribution >= 4 is 15.9 Å². The van der Waals surface area contributed by atoms with Crippen molar-refractivity contribution in [3.05, 3.63) is 35.1 Å². The number of hydrogen-bond donors (Lipinski definition) is 1. The molecule has 0 spiro atoms. The normalized spacial score (nSPS) is 17.5. The summed E-state index contributed by atoms with van der Waals surface area (Å²) in [6.07, 6.45) is 1.83. The number of amides is 1. The van der Waals surface area contributed by atoms with E-state index in [-0.39, 0.29) is 19.1 Å². The van der Waals surface area contributed by atoms with Gasteiger partial charge in [0, 0.05) is 19.1 Å². The van der Waals surface area contributed by atoms with Gasteiger partial charge in [0.2, 0.25) is 10.0 Å². The first-order valence-corrected chi connectivity index (χ1v) is 8.44. The Morgan fingerprint density at radius 2 is 1.77 bits per heavy atom. The highest BCUT2D eigenvalue weighted by Crippen LogP contribution is 2.17. The van der Waals surface area contributed by atoms with Gasteiger partial charge in [0.25, 0.3) is 5.91 Å². The van der Waals surface area contributed by atoms with E-state index in [1.165, 1.54) is 4.31 Å². The van der Waals surface area contributed by atoms with Gasteiger partial charge in [-0.1, -0.05) is 0 Å². The summed E-state index contributed by atoms with van der Waals surface area (Å²) >= 11 is 0. The lowest BCUT2D eigenvalue weighted by Gasteiger charge is -2.30. The number of hydrogen-bond acceptors (Lipinski definition) is 3. The van der Waals surface area contributed by atoms with E-state index in [1.807, 2.05) is 0 Å². The predicted molar refractivity (Wildman–Crippen MR) is 73.2 cm³/mol. The highest BCUT2D eigenvalue weighted by molar-refractivity contribution is 7.88. The molecule has 1 aliphatic heterocycles. The van der Waals surface area contributed by atoms with Crippen molar-refractivity contribution in [2.75, 3.05) is 19.3 Å². The van der Waals surface area contributed by atoms with Gasteiger partial charge in [-0.05, 0) is 25.0 Å². The fourth-order valence-corrected chi connectivity index (χ4v) is 3.17. The Balaban J connectivity index is 2.01. The van der Waals surface area contributed by atoms with Gasteiger partial charge in [-0.3, -0.25) is 4.79 Å². The van der Waals surface area contributed by atoms with E-state index >= 15 is 0 Å². The Morgan fingerprint density at radius 3 is 2.32 bits per heavy atom. The molecule has 1 saturated heterocycles. The number of sulfonamides is 1. The number of piperidine rings is 1. The molecular formula is C13H15F3N2O3S. The van der Waals surface area contributed by atoms with Crippen LogP contribution in [-0.2, 0) is 10.0 Å². The second-order valence-electron chi connectivity index (χ2n) is 5.13. The standard InChI is InChI=1S/C13H15F3N2O3S/c1-22(20,21)18-6-4-8(5-7-18)17-13(19)9-2-3-10(14)12(16)11(9)15/h2-3,8H,4-7H2,1H3,(H,17,19). The monoisotopic (exact) mass is 336 g/mol. The van der Waals surface area contributed by atoms with Gasteiger partial charge in [-0.2, -0.15) is 0 Å². The first-order valence-electron chi connectivity index (χ1n) is 6.59. The van der Waals surface area contributed by atoms with Gasteiger partial charge in [-0.15, -0.1) is 0 Å². The van der Waals surface area contributed by atoms with Crippen LogP contribution in [0.2, 0.25) is 0 Å². The van der Waals surface area contributed by atoms with Crippen LogP contribution in [0.5, 0.6) is 0 Å². The van der Waals surface area contributed by atoms with Crippen LogP contribution in [0.25, 0.3) is 0 Å². The molecule has 0 saturated carbocycles. The predicted octanol–water partition coefficient (Wildman–Crippen LogP) is 1.26. The molecule has 0 atom stereocenters. The maximum atomic E-state index is 13.5. The largest absolute Gasteiger partial charge is 0.349 e. The van der Waals surface area contributed by atoms with Crippen molar-refractivity contribution < 1.29 is 26.4 Å². The third-order valence-electron chi connectivity index (χ3n) is 3.54. The van der Waals surface area contributed by atoms with E-state index in [1.54, 1.807) is 0 Å². The lowest BCUT2D eigenvalue weighted by molar-refractivity contribution is 0.0918. The topological polar surface area (TPSA) is 66.5 Å². The molecule has 1 heterocycles. The Bertz CT molecular complexity index is 686. The van der Waals surface area contributed by atoms with Crippen molar-refractivity contribution in [3.8, 4) is 0 Å². The van der Waals surface area contributed by atoms with E-state index in [0.29, 0.717) is 18.9 Å². The number of carbonyl (C=O) groups excluding carboxylic acids is 1. The highest BCUT2D eigenvalue weighted by atomic mass is 32.2. The van der Waals surface area contributed by atoms with Gasteiger partial charge in [0.05, 0.1) is 11.8 Å². The molecule has 1 aliphatic rings. The summed E-state index contributed by atoms with van der Waals surface area (Å²) in [5.74, 6) is -5.45. The summed E-state index contributed by atoms with van der Waals surface area (Å²) in [4.78, 5) is 11.9. The van der Waals surface area contributed by atoms with Gasteiger partial charge in [-0.25, -0.2) is 25.9 Å². The SMILES string of the molecule is CS(=O)(=O)N1CCC(NC(=O)c2ccc(F)c(F)c2F)CC1. The average molecular weight is 336 g/mol. The minimum atomic E-state index is -3.28. The van der Waals surface area contributed by atoms with E-state index in [9.17, 15) is 26.4 Å². The number of nitrogens with zero attached hydrogens (tertiary/aromatic N) is 1. The molecule has 0 unspecified atom stereocenters. The molecule has 22 heavy (non-hydrogen) atoms. The third-order valence-corrected chi connectivity index (χ3v) is 4.84. The van der Waals surface area contributed by atoms with Gasteiger partial charge < -0.3 is 5.32 Å². The summed E-state index contributed by atoms with van der Waals surface area (Å²) in [6, 6.07) is 1.20. The second kappa shape index (κ2) is 6.25. The minimum absolute atomic E-state index is 0.240. The number of rotatable bonds is 3. The molecule has 1 aromatic carbocycles. The zero-order chi connectivity index (χ0) is 16.5. The molecule has 0 aromatic heterocycles. The van der Waals surface area contributed by atoms with Gasteiger partial charge in [0.1, 0.15) is 0 Å². The Hall–Kier alpha value is -1.61. The van der Waals surface area contributed by atoms with E-state index in [4.69, 9.17) is 0 Å². The molecule has 1 aromatic rings. The van der Waals surface area contributed by atoms with Crippen LogP contribution >= 0.6 is 0 Å². The van der Waals surface area contributed by atoms with Crippen molar-refractivity contribution in [2.24, 2.45) is 0 Å². The summed E-state index contributed by atoms with van der Waals surface area (Å²) in [6.45, 7) is 0.480. The van der Waals surface area contributed by atoms with Crippen LogP contribution in [0.1, 0.15) is 23.2 Å². The summed E-state index contributed by atoms with van der Waals surface area (Å²) < 4.78 is 63.5. The van der Waals surface area contributed by atoms with Crippen molar-refractivity contribution in [1.82, 2.24) is 9.62 Å². The van der Waals surface area contributed by atoms with Crippen molar-refractivity contribution in [1.29, 1.82) is 0 Å². The molecule has 0 radical (unpaired) electrons. The molecule has 9 heteroatoms. The summed E-state index contributed by atoms with van der Waals surface area (Å²) in [5, 5.41) is 2.51. The third kappa shape index (κ3) is 3.58. The smallest absolute Gasteiger partial charge is 0.254 e. The van der Waals surface area contributed by atoms with Gasteiger partial charge >= 0.3 is 0 Å². The maximum absolute atomic E-state index is 13.5. The van der Waals surface area contributed by atoms with Crippen LogP contribution in [0.4, 0.5) is 13.2 Å². The van der Waals surface area contributed by atoms with E-state index in [0.717, 1.165) is 12.3 Å². The van der Waals surface area contributed by atoms with E-state index < -0.39 is 38.9 Å². The first kappa shape index (κ1) is 16.8. The van der Waals surface area contributed by atoms with E-state index in [2.05, 4.69) is 5.32 Å². The quantitative estimate of drug-likeness (QED) is 0.845. The molecule has 5 nitrogen and oxygen atoms in total. The maximum Gasteiger partial charge on any atom is 0.254 e. The molecule has 1 amide bonds. The lowest BCUT2D eigenvalue weighted by Crippen LogP contribution is -2.46. The molecule has 1 N–H and O–H groups in total. The second-order valence-corrected chi connectivity index (χ2v) is 7.12. The number of carbonyl (C=O) groups is 1. The van der Waals surface area contributed by atoms with Crippen LogP contribution in [-0.4, -0.2) is 44.0 Å². The molecule has 1 fully saturated rings. The molecular weight excluding hydrogens is 321 g/mol. The zero-order valence-electron chi connectivity index (χ0n) is 11.8. The molecule has 0 bridgehead atoms. The van der Waals surface area contributed by atoms with Crippen LogP contribution in [0.3, 0.4) is 0 Å². The fraction of sp³-hybridized carbons (Fsp3) is 0.462. The number of halogens is 3. The molecule has 2 rings (SSSR count). The number of benzene rings is 1. The average Bonchev–Trinajstić information content (AvgIpc) is 2.44. The fourth-order valence-electron chi connectivity index (χ4n) is 2.30. The van der Waals surface area contributed by atoms with Gasteiger partial charge in [0.15, 0.2) is 17.5 Å². The Kier molecular flexibility index (Phi) is 4.76. The van der Waals surface area contributed by atoms with Crippen LogP contribution < -0.4 is 5.32 Å². The van der Waals surface area contributed by atoms with Crippen molar-refractivity contribution in [3.63, 3.8) is 0 Å². The van der Waals surface area contributed by atoms with Crippen LogP contribution in [0.15, 0.2) is 12.1 Å².